The van der Waals surface area contributed by atoms with Gasteiger partial charge in [0.2, 0.25) is 5.28 Å². The summed E-state index contributed by atoms with van der Waals surface area (Å²) in [5.74, 6) is 2.67. The third-order valence-electron chi connectivity index (χ3n) is 1.01. The van der Waals surface area contributed by atoms with Crippen LogP contribution in [0.2, 0.25) is 5.28 Å². The summed E-state index contributed by atoms with van der Waals surface area (Å²) in [6, 6.07) is 1.75. The first kappa shape index (κ1) is 8.38. The highest BCUT2D eigenvalue weighted by Gasteiger charge is 1.95. The zero-order valence-electron chi connectivity index (χ0n) is 5.80. The summed E-state index contributed by atoms with van der Waals surface area (Å²) in [5, 5.41) is 2.65. The van der Waals surface area contributed by atoms with Crippen molar-refractivity contribution < 1.29 is 0 Å². The lowest BCUT2D eigenvalue weighted by Crippen LogP contribution is -1.89. The first-order valence-electron chi connectivity index (χ1n) is 2.88. The molecule has 0 unspecified atom stereocenters. The molecule has 4 heteroatoms. The predicted molar refractivity (Wildman–Crippen MR) is 47.6 cm³/mol. The van der Waals surface area contributed by atoms with Gasteiger partial charge in [-0.05, 0) is 35.8 Å². The number of thiol groups is 1. The van der Waals surface area contributed by atoms with Crippen LogP contribution in [0, 0.1) is 18.1 Å². The fraction of sp³-hybridized carbons (Fsp3) is 0.143. The molecule has 0 radical (unpaired) electrons. The lowest BCUT2D eigenvalue weighted by atomic mass is 10.3. The lowest BCUT2D eigenvalue weighted by molar-refractivity contribution is 1.09. The van der Waals surface area contributed by atoms with Crippen molar-refractivity contribution in [1.82, 2.24) is 9.97 Å². The molecule has 1 aromatic rings. The largest absolute Gasteiger partial charge is 0.223 e. The van der Waals surface area contributed by atoms with Gasteiger partial charge in [0.25, 0.3) is 0 Å². The Labute approximate surface area is 75.4 Å². The quantitative estimate of drug-likeness (QED) is 0.377. The number of nitrogens with zero attached hydrogens (tertiary/aromatic N) is 2. The van der Waals surface area contributed by atoms with Crippen LogP contribution in [0.15, 0.2) is 6.07 Å². The summed E-state index contributed by atoms with van der Waals surface area (Å²) < 4.78 is 0. The second-order valence-corrected chi connectivity index (χ2v) is 2.46. The zero-order chi connectivity index (χ0) is 8.27. The first-order valence-corrected chi connectivity index (χ1v) is 3.71. The highest BCUT2D eigenvalue weighted by molar-refractivity contribution is 7.85. The monoisotopic (exact) mass is 184 g/mol. The molecule has 0 aliphatic heterocycles. The minimum absolute atomic E-state index is 0.219. The smallest absolute Gasteiger partial charge is 0.223 e. The molecule has 1 heterocycles. The van der Waals surface area contributed by atoms with Crippen molar-refractivity contribution in [2.45, 2.75) is 6.92 Å². The molecule has 0 bridgehead atoms. The topological polar surface area (TPSA) is 25.8 Å². The van der Waals surface area contributed by atoms with E-state index in [1.54, 1.807) is 6.07 Å². The molecule has 0 atom stereocenters. The van der Waals surface area contributed by atoms with Gasteiger partial charge in [-0.25, -0.2) is 9.97 Å². The molecule has 0 amide bonds. The maximum absolute atomic E-state index is 5.57. The van der Waals surface area contributed by atoms with Crippen LogP contribution >= 0.6 is 24.2 Å². The lowest BCUT2D eigenvalue weighted by Gasteiger charge is -1.93. The second-order valence-electron chi connectivity index (χ2n) is 1.90. The van der Waals surface area contributed by atoms with Crippen LogP contribution in [0.5, 0.6) is 0 Å². The average molecular weight is 185 g/mol. The molecule has 0 fully saturated rings. The Morgan fingerprint density at radius 1 is 1.55 bits per heavy atom. The van der Waals surface area contributed by atoms with E-state index in [9.17, 15) is 0 Å². The molecule has 56 valence electrons. The third kappa shape index (κ3) is 2.41. The minimum atomic E-state index is 0.219. The van der Waals surface area contributed by atoms with E-state index in [2.05, 4.69) is 33.8 Å². The van der Waals surface area contributed by atoms with Gasteiger partial charge in [-0.2, -0.15) is 0 Å². The SMILES string of the molecule is Cc1cc(C#CS)nc(Cl)n1. The Kier molecular flexibility index (Phi) is 2.75. The van der Waals surface area contributed by atoms with Crippen molar-refractivity contribution in [2.75, 3.05) is 0 Å². The molecule has 0 saturated heterocycles. The summed E-state index contributed by atoms with van der Waals surface area (Å²) in [6.07, 6.45) is 0. The van der Waals surface area contributed by atoms with E-state index in [4.69, 9.17) is 11.6 Å². The van der Waals surface area contributed by atoms with Gasteiger partial charge in [0.1, 0.15) is 5.69 Å². The Hall–Kier alpha value is -0.720. The molecule has 0 N–H and O–H groups in total. The van der Waals surface area contributed by atoms with Gasteiger partial charge in [-0.1, -0.05) is 12.6 Å². The molecule has 1 aromatic heterocycles. The van der Waals surface area contributed by atoms with E-state index in [0.29, 0.717) is 5.69 Å². The van der Waals surface area contributed by atoms with Crippen LogP contribution < -0.4 is 0 Å². The normalized spacial score (nSPS) is 8.64. The van der Waals surface area contributed by atoms with E-state index in [0.717, 1.165) is 5.69 Å². The molecule has 0 spiro atoms. The summed E-state index contributed by atoms with van der Waals surface area (Å²) >= 11 is 9.31. The summed E-state index contributed by atoms with van der Waals surface area (Å²) in [4.78, 5) is 7.73. The van der Waals surface area contributed by atoms with Gasteiger partial charge >= 0.3 is 0 Å². The van der Waals surface area contributed by atoms with Crippen molar-refractivity contribution in [2.24, 2.45) is 0 Å². The Bertz CT molecular complexity index is 307. The van der Waals surface area contributed by atoms with Crippen molar-refractivity contribution in [1.29, 1.82) is 0 Å². The molecular formula is C7H5ClN2S. The number of hydrogen-bond acceptors (Lipinski definition) is 3. The molecule has 11 heavy (non-hydrogen) atoms. The van der Waals surface area contributed by atoms with E-state index in [-0.39, 0.29) is 5.28 Å². The fourth-order valence-electron chi connectivity index (χ4n) is 0.654. The molecule has 0 aliphatic carbocycles. The number of halogens is 1. The molecular weight excluding hydrogens is 180 g/mol. The molecule has 2 nitrogen and oxygen atoms in total. The highest BCUT2D eigenvalue weighted by Crippen LogP contribution is 2.03. The van der Waals surface area contributed by atoms with Crippen LogP contribution in [-0.4, -0.2) is 9.97 Å². The van der Waals surface area contributed by atoms with Gasteiger partial charge in [0.05, 0.1) is 0 Å². The third-order valence-corrected chi connectivity index (χ3v) is 1.29. The average Bonchev–Trinajstić information content (AvgIpc) is 1.85. The predicted octanol–water partition coefficient (Wildman–Crippen LogP) is 1.68. The van der Waals surface area contributed by atoms with Crippen molar-refractivity contribution in [3.05, 3.63) is 22.7 Å². The number of aromatic nitrogens is 2. The van der Waals surface area contributed by atoms with Gasteiger partial charge in [0, 0.05) is 5.69 Å². The Morgan fingerprint density at radius 2 is 2.27 bits per heavy atom. The van der Waals surface area contributed by atoms with E-state index in [1.807, 2.05) is 6.92 Å². The number of hydrogen-bond donors (Lipinski definition) is 1. The fourth-order valence-corrected chi connectivity index (χ4v) is 0.993. The summed E-state index contributed by atoms with van der Waals surface area (Å²) in [5.41, 5.74) is 1.40. The highest BCUT2D eigenvalue weighted by atomic mass is 35.5. The first-order chi connectivity index (χ1) is 5.22. The van der Waals surface area contributed by atoms with E-state index < -0.39 is 0 Å². The summed E-state index contributed by atoms with van der Waals surface area (Å²) in [6.45, 7) is 1.83. The Balaban J connectivity index is 3.15. The number of rotatable bonds is 0. The molecule has 1 rings (SSSR count). The van der Waals surface area contributed by atoms with Crippen LogP contribution in [0.1, 0.15) is 11.4 Å². The molecule has 0 aromatic carbocycles. The van der Waals surface area contributed by atoms with Crippen molar-refractivity contribution in [3.8, 4) is 11.2 Å². The maximum Gasteiger partial charge on any atom is 0.223 e. The van der Waals surface area contributed by atoms with Crippen molar-refractivity contribution >= 4 is 24.2 Å². The van der Waals surface area contributed by atoms with Gasteiger partial charge in [0.15, 0.2) is 0 Å². The summed E-state index contributed by atoms with van der Waals surface area (Å²) in [7, 11) is 0. The van der Waals surface area contributed by atoms with Crippen LogP contribution in [0.3, 0.4) is 0 Å². The second kappa shape index (κ2) is 3.61. The number of aryl methyl sites for hydroxylation is 1. The zero-order valence-corrected chi connectivity index (χ0v) is 7.45. The molecule has 0 saturated carbocycles. The van der Waals surface area contributed by atoms with Crippen LogP contribution in [0.25, 0.3) is 0 Å². The van der Waals surface area contributed by atoms with Crippen LogP contribution in [0.4, 0.5) is 0 Å². The Morgan fingerprint density at radius 3 is 2.82 bits per heavy atom. The van der Waals surface area contributed by atoms with Crippen molar-refractivity contribution in [3.63, 3.8) is 0 Å². The van der Waals surface area contributed by atoms with Gasteiger partial charge in [-0.15, -0.1) is 0 Å². The van der Waals surface area contributed by atoms with E-state index in [1.165, 1.54) is 0 Å². The standard InChI is InChI=1S/C7H5ClN2S/c1-5-4-6(2-3-11)10-7(8)9-5/h4,11H,1H3. The molecule has 0 aliphatic rings. The van der Waals surface area contributed by atoms with Gasteiger partial charge < -0.3 is 0 Å². The maximum atomic E-state index is 5.57. The van der Waals surface area contributed by atoms with E-state index >= 15 is 0 Å². The minimum Gasteiger partial charge on any atom is -0.223 e. The van der Waals surface area contributed by atoms with Gasteiger partial charge in [-0.3, -0.25) is 0 Å². The van der Waals surface area contributed by atoms with Crippen LogP contribution in [-0.2, 0) is 0 Å².